The van der Waals surface area contributed by atoms with Crippen LogP contribution in [0, 0.1) is 16.0 Å². The van der Waals surface area contributed by atoms with Gasteiger partial charge in [-0.3, -0.25) is 10.1 Å². The van der Waals surface area contributed by atoms with E-state index in [1.807, 2.05) is 31.2 Å². The van der Waals surface area contributed by atoms with Gasteiger partial charge >= 0.3 is 0 Å². The number of hydrogen-bond donors (Lipinski definition) is 2. The minimum Gasteiger partial charge on any atom is -0.381 e. The Kier molecular flexibility index (Phi) is 7.43. The topological polar surface area (TPSA) is 88.8 Å². The van der Waals surface area contributed by atoms with E-state index in [1.54, 1.807) is 12.1 Å². The molecule has 0 amide bonds. The zero-order valence-corrected chi connectivity index (χ0v) is 17.1. The largest absolute Gasteiger partial charge is 0.381 e. The van der Waals surface area contributed by atoms with Crippen molar-refractivity contribution in [3.63, 3.8) is 0 Å². The van der Waals surface area contributed by atoms with Gasteiger partial charge in [0.25, 0.3) is 5.69 Å². The molecule has 1 aliphatic rings. The Hall–Kier alpha value is -2.64. The maximum Gasteiger partial charge on any atom is 0.269 e. The Bertz CT molecular complexity index is 851. The fraction of sp³-hybridized carbons (Fsp3) is 0.381. The maximum atomic E-state index is 10.8. The molecule has 0 spiro atoms. The average molecular weight is 417 g/mol. The van der Waals surface area contributed by atoms with Crippen LogP contribution >= 0.6 is 11.6 Å². The van der Waals surface area contributed by atoms with Gasteiger partial charge in [0.15, 0.2) is 5.96 Å². The third-order valence-corrected chi connectivity index (χ3v) is 5.09. The molecular formula is C21H25ClN4O3. The van der Waals surface area contributed by atoms with Crippen molar-refractivity contribution in [2.45, 2.75) is 25.9 Å². The van der Waals surface area contributed by atoms with Crippen LogP contribution in [-0.4, -0.2) is 30.6 Å². The van der Waals surface area contributed by atoms with Gasteiger partial charge in [-0.15, -0.1) is 0 Å². The molecule has 3 rings (SSSR count). The Balaban J connectivity index is 1.68. The molecule has 0 aromatic heterocycles. The van der Waals surface area contributed by atoms with Gasteiger partial charge in [0.1, 0.15) is 0 Å². The lowest BCUT2D eigenvalue weighted by atomic mass is 10.1. The number of non-ortho nitro benzene ring substituents is 1. The van der Waals surface area contributed by atoms with Crippen LogP contribution in [0.5, 0.6) is 0 Å². The third-order valence-electron chi connectivity index (χ3n) is 4.85. The summed E-state index contributed by atoms with van der Waals surface area (Å²) in [5, 5.41) is 18.3. The minimum atomic E-state index is -0.405. The number of nitro groups is 1. The normalized spacial score (nSPS) is 17.7. The summed E-state index contributed by atoms with van der Waals surface area (Å²) in [7, 11) is 0. The van der Waals surface area contributed by atoms with Gasteiger partial charge in [-0.25, -0.2) is 4.99 Å². The van der Waals surface area contributed by atoms with Crippen molar-refractivity contribution in [2.75, 3.05) is 19.8 Å². The molecule has 2 aromatic rings. The molecule has 154 valence electrons. The van der Waals surface area contributed by atoms with Crippen molar-refractivity contribution in [2.24, 2.45) is 10.9 Å². The first kappa shape index (κ1) is 21.1. The number of halogens is 1. The Morgan fingerprint density at radius 1 is 1.34 bits per heavy atom. The predicted octanol–water partition coefficient (Wildman–Crippen LogP) is 4.08. The molecule has 0 aliphatic carbocycles. The molecule has 0 radical (unpaired) electrons. The Morgan fingerprint density at radius 3 is 2.79 bits per heavy atom. The summed E-state index contributed by atoms with van der Waals surface area (Å²) < 4.78 is 5.44. The summed E-state index contributed by atoms with van der Waals surface area (Å²) in [6.07, 6.45) is 1.03. The maximum absolute atomic E-state index is 10.8. The van der Waals surface area contributed by atoms with Gasteiger partial charge < -0.3 is 15.4 Å². The molecule has 1 heterocycles. The lowest BCUT2D eigenvalue weighted by Gasteiger charge is -2.20. The van der Waals surface area contributed by atoms with Gasteiger partial charge in [0.2, 0.25) is 0 Å². The summed E-state index contributed by atoms with van der Waals surface area (Å²) in [5.74, 6) is 1.14. The molecular weight excluding hydrogens is 392 g/mol. The lowest BCUT2D eigenvalue weighted by molar-refractivity contribution is -0.384. The van der Waals surface area contributed by atoms with E-state index in [4.69, 9.17) is 16.3 Å². The highest BCUT2D eigenvalue weighted by molar-refractivity contribution is 6.30. The van der Waals surface area contributed by atoms with Crippen molar-refractivity contribution < 1.29 is 9.66 Å². The number of hydrogen-bond acceptors (Lipinski definition) is 4. The quantitative estimate of drug-likeness (QED) is 0.307. The highest BCUT2D eigenvalue weighted by Gasteiger charge is 2.17. The predicted molar refractivity (Wildman–Crippen MR) is 114 cm³/mol. The van der Waals surface area contributed by atoms with Gasteiger partial charge in [-0.1, -0.05) is 35.9 Å². The van der Waals surface area contributed by atoms with E-state index in [9.17, 15) is 10.1 Å². The van der Waals surface area contributed by atoms with Crippen LogP contribution < -0.4 is 10.6 Å². The summed E-state index contributed by atoms with van der Waals surface area (Å²) in [6, 6.07) is 14.2. The van der Waals surface area contributed by atoms with Crippen molar-refractivity contribution in [1.29, 1.82) is 0 Å². The van der Waals surface area contributed by atoms with E-state index in [0.717, 1.165) is 37.3 Å². The summed E-state index contributed by atoms with van der Waals surface area (Å²) in [5.41, 5.74) is 2.04. The monoisotopic (exact) mass is 416 g/mol. The minimum absolute atomic E-state index is 0.0108. The first-order valence-corrected chi connectivity index (χ1v) is 10.0. The second kappa shape index (κ2) is 10.2. The van der Waals surface area contributed by atoms with Crippen molar-refractivity contribution in [3.05, 3.63) is 74.8 Å². The number of aliphatic imine (C=N–C) groups is 1. The van der Waals surface area contributed by atoms with Crippen LogP contribution in [0.15, 0.2) is 53.5 Å². The number of benzene rings is 2. The molecule has 7 nitrogen and oxygen atoms in total. The number of ether oxygens (including phenoxy) is 1. The smallest absolute Gasteiger partial charge is 0.269 e. The molecule has 0 saturated carbocycles. The van der Waals surface area contributed by atoms with Crippen molar-refractivity contribution in [3.8, 4) is 0 Å². The van der Waals surface area contributed by atoms with Gasteiger partial charge in [-0.2, -0.15) is 0 Å². The van der Waals surface area contributed by atoms with Crippen LogP contribution in [0.4, 0.5) is 5.69 Å². The SMILES string of the molecule is CC(NC(=NCc1ccc([N+](=O)[O-])cc1)NCC1CCOC1)c1cccc(Cl)c1. The van der Waals surface area contributed by atoms with Crippen molar-refractivity contribution >= 4 is 23.2 Å². The average Bonchev–Trinajstić information content (AvgIpc) is 3.24. The summed E-state index contributed by atoms with van der Waals surface area (Å²) in [6.45, 7) is 4.79. The molecule has 2 unspecified atom stereocenters. The molecule has 1 aliphatic heterocycles. The Morgan fingerprint density at radius 2 is 2.14 bits per heavy atom. The van der Waals surface area contributed by atoms with E-state index in [2.05, 4.69) is 15.6 Å². The molecule has 8 heteroatoms. The molecule has 0 bridgehead atoms. The second-order valence-electron chi connectivity index (χ2n) is 7.12. The standard InChI is InChI=1S/C21H25ClN4O3/c1-15(18-3-2-4-19(22)11-18)25-21(24-13-17-9-10-29-14-17)23-12-16-5-7-20(8-6-16)26(27)28/h2-8,11,15,17H,9-10,12-14H2,1H3,(H2,23,24,25). The first-order chi connectivity index (χ1) is 14.0. The van der Waals surface area contributed by atoms with E-state index in [0.29, 0.717) is 23.4 Å². The summed E-state index contributed by atoms with van der Waals surface area (Å²) >= 11 is 6.11. The van der Waals surface area contributed by atoms with Gasteiger partial charge in [0, 0.05) is 36.2 Å². The third kappa shape index (κ3) is 6.44. The highest BCUT2D eigenvalue weighted by atomic mass is 35.5. The van der Waals surface area contributed by atoms with Crippen molar-refractivity contribution in [1.82, 2.24) is 10.6 Å². The van der Waals surface area contributed by atoms with Gasteiger partial charge in [-0.05, 0) is 36.6 Å². The van der Waals surface area contributed by atoms with Gasteiger partial charge in [0.05, 0.1) is 24.1 Å². The lowest BCUT2D eigenvalue weighted by Crippen LogP contribution is -2.41. The van der Waals surface area contributed by atoms with E-state index in [1.165, 1.54) is 12.1 Å². The number of guanidine groups is 1. The van der Waals surface area contributed by atoms with Crippen LogP contribution in [0.2, 0.25) is 5.02 Å². The van der Waals surface area contributed by atoms with E-state index >= 15 is 0 Å². The number of nitrogens with zero attached hydrogens (tertiary/aromatic N) is 2. The number of nitro benzene ring substituents is 1. The van der Waals surface area contributed by atoms with E-state index in [-0.39, 0.29) is 11.7 Å². The van der Waals surface area contributed by atoms with Crippen LogP contribution in [0.25, 0.3) is 0 Å². The zero-order valence-electron chi connectivity index (χ0n) is 16.3. The van der Waals surface area contributed by atoms with Crippen LogP contribution in [-0.2, 0) is 11.3 Å². The van der Waals surface area contributed by atoms with E-state index < -0.39 is 4.92 Å². The molecule has 2 aromatic carbocycles. The molecule has 2 atom stereocenters. The fourth-order valence-electron chi connectivity index (χ4n) is 3.10. The summed E-state index contributed by atoms with van der Waals surface area (Å²) in [4.78, 5) is 15.1. The van der Waals surface area contributed by atoms with Crippen LogP contribution in [0.3, 0.4) is 0 Å². The first-order valence-electron chi connectivity index (χ1n) is 9.62. The molecule has 1 saturated heterocycles. The fourth-order valence-corrected chi connectivity index (χ4v) is 3.29. The number of nitrogens with one attached hydrogen (secondary N) is 2. The Labute approximate surface area is 175 Å². The number of rotatable bonds is 7. The zero-order chi connectivity index (χ0) is 20.6. The molecule has 2 N–H and O–H groups in total. The second-order valence-corrected chi connectivity index (χ2v) is 7.56. The molecule has 29 heavy (non-hydrogen) atoms. The highest BCUT2D eigenvalue weighted by Crippen LogP contribution is 2.18. The molecule has 1 fully saturated rings. The van der Waals surface area contributed by atoms with Crippen LogP contribution in [0.1, 0.15) is 30.5 Å².